The van der Waals surface area contributed by atoms with Crippen LogP contribution in [0.5, 0.6) is 0 Å². The van der Waals surface area contributed by atoms with Crippen molar-refractivity contribution in [2.24, 2.45) is 16.7 Å². The zero-order chi connectivity index (χ0) is 18.7. The average molecular weight is 345 g/mol. The highest BCUT2D eigenvalue weighted by atomic mass is 16.2. The maximum absolute atomic E-state index is 12.9. The fourth-order valence-corrected chi connectivity index (χ4v) is 3.89. The number of carbonyl (C=O) groups is 2. The van der Waals surface area contributed by atoms with Crippen molar-refractivity contribution in [1.82, 2.24) is 15.2 Å². The van der Waals surface area contributed by atoms with Gasteiger partial charge in [-0.15, -0.1) is 0 Å². The molecule has 1 aromatic heterocycles. The maximum atomic E-state index is 12.9. The molecule has 1 N–H and O–H groups in total. The molecule has 1 aliphatic carbocycles. The Balaban J connectivity index is 1.93. The molecule has 5 nitrogen and oxygen atoms in total. The molecule has 1 heterocycles. The fraction of sp³-hybridized carbons (Fsp3) is 0.650. The molecule has 0 aromatic carbocycles. The Kier molecular flexibility index (Phi) is 5.86. The van der Waals surface area contributed by atoms with Crippen molar-refractivity contribution >= 4 is 11.8 Å². The van der Waals surface area contributed by atoms with Crippen LogP contribution in [0.4, 0.5) is 0 Å². The normalized spacial score (nSPS) is 24.8. The van der Waals surface area contributed by atoms with Crippen LogP contribution in [0.15, 0.2) is 24.5 Å². The maximum Gasteiger partial charge on any atom is 0.226 e. The summed E-state index contributed by atoms with van der Waals surface area (Å²) in [6, 6.07) is 4.00. The summed E-state index contributed by atoms with van der Waals surface area (Å²) in [7, 11) is 3.57. The molecule has 0 aliphatic heterocycles. The van der Waals surface area contributed by atoms with Gasteiger partial charge >= 0.3 is 0 Å². The van der Waals surface area contributed by atoms with Gasteiger partial charge in [-0.25, -0.2) is 0 Å². The van der Waals surface area contributed by atoms with Gasteiger partial charge in [-0.3, -0.25) is 14.6 Å². The average Bonchev–Trinajstić information content (AvgIpc) is 2.82. The molecule has 1 saturated carbocycles. The number of pyridine rings is 1. The summed E-state index contributed by atoms with van der Waals surface area (Å²) in [5, 5.41) is 3.10. The van der Waals surface area contributed by atoms with Crippen molar-refractivity contribution in [3.63, 3.8) is 0 Å². The van der Waals surface area contributed by atoms with Gasteiger partial charge in [0.25, 0.3) is 0 Å². The van der Waals surface area contributed by atoms with Crippen molar-refractivity contribution in [3.05, 3.63) is 30.1 Å². The van der Waals surface area contributed by atoms with E-state index in [2.05, 4.69) is 24.1 Å². The minimum Gasteiger partial charge on any atom is -0.356 e. The zero-order valence-corrected chi connectivity index (χ0v) is 16.1. The fourth-order valence-electron chi connectivity index (χ4n) is 3.89. The second-order valence-corrected chi connectivity index (χ2v) is 8.09. The molecule has 1 aromatic rings. The number of nitrogens with one attached hydrogen (secondary N) is 1. The number of rotatable bonds is 6. The Morgan fingerprint density at radius 3 is 2.48 bits per heavy atom. The topological polar surface area (TPSA) is 62.3 Å². The predicted molar refractivity (Wildman–Crippen MR) is 98.9 cm³/mol. The molecule has 1 aliphatic rings. The van der Waals surface area contributed by atoms with Crippen LogP contribution < -0.4 is 5.32 Å². The van der Waals surface area contributed by atoms with E-state index in [0.29, 0.717) is 6.54 Å². The minimum absolute atomic E-state index is 0.0706. The minimum atomic E-state index is -0.514. The van der Waals surface area contributed by atoms with Crippen LogP contribution in [0.25, 0.3) is 0 Å². The summed E-state index contributed by atoms with van der Waals surface area (Å²) in [5.41, 5.74) is 0.358. The number of nitrogens with zero attached hydrogens (tertiary/aromatic N) is 2. The van der Waals surface area contributed by atoms with Crippen LogP contribution in [-0.4, -0.2) is 42.3 Å². The van der Waals surface area contributed by atoms with E-state index in [1.807, 2.05) is 19.1 Å². The van der Waals surface area contributed by atoms with Gasteiger partial charge in [0, 0.05) is 39.0 Å². The van der Waals surface area contributed by atoms with Crippen LogP contribution in [0, 0.1) is 16.7 Å². The van der Waals surface area contributed by atoms with Crippen LogP contribution in [0.1, 0.15) is 45.6 Å². The third-order valence-corrected chi connectivity index (χ3v) is 6.14. The lowest BCUT2D eigenvalue weighted by Crippen LogP contribution is -2.49. The monoisotopic (exact) mass is 345 g/mol. The Bertz CT molecular complexity index is 613. The Labute approximate surface area is 151 Å². The quantitative estimate of drug-likeness (QED) is 0.806. The number of aryl methyl sites for hydroxylation is 1. The molecule has 0 radical (unpaired) electrons. The molecule has 0 bridgehead atoms. The van der Waals surface area contributed by atoms with Gasteiger partial charge in [0.2, 0.25) is 11.8 Å². The van der Waals surface area contributed by atoms with Crippen molar-refractivity contribution < 1.29 is 9.59 Å². The van der Waals surface area contributed by atoms with Crippen LogP contribution >= 0.6 is 0 Å². The predicted octanol–water partition coefficient (Wildman–Crippen LogP) is 2.66. The summed E-state index contributed by atoms with van der Waals surface area (Å²) in [6.45, 7) is 6.78. The lowest BCUT2D eigenvalue weighted by Gasteiger charge is -2.40. The molecule has 0 spiro atoms. The molecular formula is C20H31N3O2. The Morgan fingerprint density at radius 1 is 1.24 bits per heavy atom. The van der Waals surface area contributed by atoms with Gasteiger partial charge in [-0.05, 0) is 48.8 Å². The highest BCUT2D eigenvalue weighted by molar-refractivity contribution is 5.87. The molecule has 5 heteroatoms. The summed E-state index contributed by atoms with van der Waals surface area (Å²) < 4.78 is 0. The first-order valence-corrected chi connectivity index (χ1v) is 9.08. The Hall–Kier alpha value is -1.91. The van der Waals surface area contributed by atoms with Gasteiger partial charge in [-0.1, -0.05) is 20.8 Å². The van der Waals surface area contributed by atoms with E-state index < -0.39 is 5.41 Å². The first-order valence-electron chi connectivity index (χ1n) is 9.08. The van der Waals surface area contributed by atoms with E-state index in [1.165, 1.54) is 5.56 Å². The molecule has 0 saturated heterocycles. The molecule has 2 rings (SSSR count). The van der Waals surface area contributed by atoms with Gasteiger partial charge in [0.15, 0.2) is 0 Å². The van der Waals surface area contributed by atoms with Gasteiger partial charge < -0.3 is 10.2 Å². The molecule has 2 amide bonds. The first kappa shape index (κ1) is 19.4. The largest absolute Gasteiger partial charge is 0.356 e. The molecule has 25 heavy (non-hydrogen) atoms. The molecule has 1 fully saturated rings. The molecule has 138 valence electrons. The molecule has 2 atom stereocenters. The van der Waals surface area contributed by atoms with E-state index in [-0.39, 0.29) is 23.1 Å². The lowest BCUT2D eigenvalue weighted by atomic mass is 9.65. The van der Waals surface area contributed by atoms with Crippen LogP contribution in [-0.2, 0) is 16.0 Å². The second-order valence-electron chi connectivity index (χ2n) is 8.09. The summed E-state index contributed by atoms with van der Waals surface area (Å²) >= 11 is 0. The smallest absolute Gasteiger partial charge is 0.226 e. The van der Waals surface area contributed by atoms with Crippen molar-refractivity contribution in [3.8, 4) is 0 Å². The van der Waals surface area contributed by atoms with Crippen molar-refractivity contribution in [2.45, 2.75) is 46.5 Å². The van der Waals surface area contributed by atoms with Crippen LogP contribution in [0.3, 0.4) is 0 Å². The van der Waals surface area contributed by atoms with E-state index in [9.17, 15) is 9.59 Å². The molecular weight excluding hydrogens is 314 g/mol. The second kappa shape index (κ2) is 7.54. The molecule has 1 unspecified atom stereocenters. The number of aromatic nitrogens is 1. The summed E-state index contributed by atoms with van der Waals surface area (Å²) in [5.74, 6) is 0.0931. The van der Waals surface area contributed by atoms with Crippen molar-refractivity contribution in [1.29, 1.82) is 0 Å². The van der Waals surface area contributed by atoms with Gasteiger partial charge in [0.05, 0.1) is 5.41 Å². The van der Waals surface area contributed by atoms with E-state index >= 15 is 0 Å². The zero-order valence-electron chi connectivity index (χ0n) is 16.1. The SMILES string of the molecule is CN(C)C(=O)C1CC[C@](C)(C(=O)NCCCc2ccncc2)C1(C)C. The number of amides is 2. The highest BCUT2D eigenvalue weighted by Crippen LogP contribution is 2.56. The standard InChI is InChI=1S/C20H31N3O2/c1-19(2)16(17(24)23(4)5)8-11-20(19,3)18(25)22-12-6-7-15-9-13-21-14-10-15/h9-10,13-14,16H,6-8,11-12H2,1-5H3,(H,22,25)/t16?,20-/m1/s1. The van der Waals surface area contributed by atoms with E-state index in [4.69, 9.17) is 0 Å². The first-order chi connectivity index (χ1) is 11.7. The van der Waals surface area contributed by atoms with Crippen molar-refractivity contribution in [2.75, 3.05) is 20.6 Å². The van der Waals surface area contributed by atoms with Gasteiger partial charge in [0.1, 0.15) is 0 Å². The number of hydrogen-bond acceptors (Lipinski definition) is 3. The van der Waals surface area contributed by atoms with Crippen LogP contribution in [0.2, 0.25) is 0 Å². The summed E-state index contributed by atoms with van der Waals surface area (Å²) in [4.78, 5) is 31.0. The van der Waals surface area contributed by atoms with E-state index in [1.54, 1.807) is 31.4 Å². The third kappa shape index (κ3) is 3.86. The number of carbonyl (C=O) groups excluding carboxylic acids is 2. The Morgan fingerprint density at radius 2 is 1.88 bits per heavy atom. The highest BCUT2D eigenvalue weighted by Gasteiger charge is 2.58. The van der Waals surface area contributed by atoms with Gasteiger partial charge in [-0.2, -0.15) is 0 Å². The third-order valence-electron chi connectivity index (χ3n) is 6.14. The summed E-state index contributed by atoms with van der Waals surface area (Å²) in [6.07, 6.45) is 6.91. The lowest BCUT2D eigenvalue weighted by molar-refractivity contribution is -0.142. The number of hydrogen-bond donors (Lipinski definition) is 1. The van der Waals surface area contributed by atoms with E-state index in [0.717, 1.165) is 25.7 Å².